The fraction of sp³-hybridized carbons (Fsp3) is 0.143. The van der Waals surface area contributed by atoms with Crippen LogP contribution in [0.25, 0.3) is 0 Å². The minimum atomic E-state index is -0.554. The van der Waals surface area contributed by atoms with E-state index in [0.717, 1.165) is 0 Å². The lowest BCUT2D eigenvalue weighted by Crippen LogP contribution is -1.90. The van der Waals surface area contributed by atoms with Crippen molar-refractivity contribution in [3.63, 3.8) is 0 Å². The van der Waals surface area contributed by atoms with Crippen molar-refractivity contribution in [3.05, 3.63) is 37.9 Å². The molecule has 1 rings (SSSR count). The number of halogens is 2. The van der Waals surface area contributed by atoms with Crippen molar-refractivity contribution in [3.8, 4) is 0 Å². The molecule has 0 aliphatic rings. The molecular weight excluding hydrogens is 201 g/mol. The summed E-state index contributed by atoms with van der Waals surface area (Å²) in [5.41, 5.74) is 0.456. The maximum atomic E-state index is 10.4. The van der Waals surface area contributed by atoms with E-state index in [0.29, 0.717) is 10.6 Å². The van der Waals surface area contributed by atoms with Crippen LogP contribution in [0.5, 0.6) is 0 Å². The van der Waals surface area contributed by atoms with E-state index in [2.05, 4.69) is 0 Å². The van der Waals surface area contributed by atoms with Crippen molar-refractivity contribution in [1.82, 2.24) is 0 Å². The molecule has 0 unspecified atom stereocenters. The minimum Gasteiger partial charge on any atom is -0.258 e. The van der Waals surface area contributed by atoms with Crippen LogP contribution in [0.3, 0.4) is 0 Å². The molecule has 0 aliphatic heterocycles. The van der Waals surface area contributed by atoms with Crippen LogP contribution in [0, 0.1) is 17.0 Å². The molecule has 0 atom stereocenters. The van der Waals surface area contributed by atoms with Gasteiger partial charge in [0.2, 0.25) is 0 Å². The van der Waals surface area contributed by atoms with Crippen molar-refractivity contribution in [1.29, 1.82) is 0 Å². The second kappa shape index (κ2) is 3.29. The fourth-order valence-corrected chi connectivity index (χ4v) is 1.29. The summed E-state index contributed by atoms with van der Waals surface area (Å²) in [5, 5.41) is 10.9. The summed E-state index contributed by atoms with van der Waals surface area (Å²) < 4.78 is 0. The largest absolute Gasteiger partial charge is 0.289 e. The molecule has 3 nitrogen and oxygen atoms in total. The molecule has 0 aliphatic carbocycles. The molecule has 1 aromatic carbocycles. The Labute approximate surface area is 79.1 Å². The maximum absolute atomic E-state index is 10.4. The first-order valence-corrected chi connectivity index (χ1v) is 3.88. The molecule has 0 aromatic heterocycles. The molecule has 0 spiro atoms. The van der Waals surface area contributed by atoms with E-state index in [4.69, 9.17) is 23.2 Å². The Bertz CT molecular complexity index is 338. The van der Waals surface area contributed by atoms with Gasteiger partial charge in [-0.2, -0.15) is 0 Å². The van der Waals surface area contributed by atoms with Gasteiger partial charge in [-0.25, -0.2) is 0 Å². The summed E-state index contributed by atoms with van der Waals surface area (Å²) in [4.78, 5) is 9.83. The third-order valence-electron chi connectivity index (χ3n) is 1.40. The van der Waals surface area contributed by atoms with Crippen LogP contribution in [0.15, 0.2) is 12.1 Å². The third kappa shape index (κ3) is 1.68. The predicted octanol–water partition coefficient (Wildman–Crippen LogP) is 3.21. The van der Waals surface area contributed by atoms with Gasteiger partial charge in [0, 0.05) is 11.1 Å². The lowest BCUT2D eigenvalue weighted by atomic mass is 10.2. The summed E-state index contributed by atoms with van der Waals surface area (Å²) in [6.07, 6.45) is 0. The summed E-state index contributed by atoms with van der Waals surface area (Å²) in [5.74, 6) is 0. The van der Waals surface area contributed by atoms with E-state index in [9.17, 15) is 10.1 Å². The predicted molar refractivity (Wildman–Crippen MR) is 47.9 cm³/mol. The fourth-order valence-electron chi connectivity index (χ4n) is 0.841. The van der Waals surface area contributed by atoms with Crippen molar-refractivity contribution < 1.29 is 4.92 Å². The van der Waals surface area contributed by atoms with Gasteiger partial charge in [0.15, 0.2) is 0 Å². The first-order valence-electron chi connectivity index (χ1n) is 3.12. The molecule has 5 heteroatoms. The van der Waals surface area contributed by atoms with E-state index in [1.807, 2.05) is 0 Å². The molecule has 0 bridgehead atoms. The Balaban J connectivity index is 3.37. The average molecular weight is 206 g/mol. The normalized spacial score (nSPS) is 9.92. The smallest absolute Gasteiger partial charge is 0.258 e. The summed E-state index contributed by atoms with van der Waals surface area (Å²) >= 11 is 11.3. The zero-order valence-corrected chi connectivity index (χ0v) is 7.69. The number of benzene rings is 1. The highest BCUT2D eigenvalue weighted by molar-refractivity contribution is 6.35. The van der Waals surface area contributed by atoms with Gasteiger partial charge >= 0.3 is 0 Å². The Morgan fingerprint density at radius 2 is 2.00 bits per heavy atom. The van der Waals surface area contributed by atoms with Gasteiger partial charge in [0.1, 0.15) is 5.02 Å². The molecule has 0 N–H and O–H groups in total. The molecule has 0 fully saturated rings. The van der Waals surface area contributed by atoms with Gasteiger partial charge in [0.25, 0.3) is 5.69 Å². The van der Waals surface area contributed by atoms with Gasteiger partial charge in [-0.1, -0.05) is 23.2 Å². The number of aryl methyl sites for hydroxylation is 1. The lowest BCUT2D eigenvalue weighted by Gasteiger charge is -1.99. The highest BCUT2D eigenvalue weighted by Gasteiger charge is 2.14. The lowest BCUT2D eigenvalue weighted by molar-refractivity contribution is -0.384. The van der Waals surface area contributed by atoms with Crippen molar-refractivity contribution in [2.24, 2.45) is 0 Å². The molecule has 64 valence electrons. The number of nitro groups is 1. The van der Waals surface area contributed by atoms with Gasteiger partial charge < -0.3 is 0 Å². The molecule has 0 saturated heterocycles. The number of hydrogen-bond donors (Lipinski definition) is 0. The monoisotopic (exact) mass is 205 g/mol. The number of rotatable bonds is 1. The Morgan fingerprint density at radius 1 is 1.42 bits per heavy atom. The molecule has 0 heterocycles. The summed E-state index contributed by atoms with van der Waals surface area (Å²) in [6.45, 7) is 1.67. The zero-order chi connectivity index (χ0) is 9.30. The van der Waals surface area contributed by atoms with Crippen LogP contribution in [0.1, 0.15) is 5.56 Å². The van der Waals surface area contributed by atoms with Crippen molar-refractivity contribution in [2.75, 3.05) is 0 Å². The van der Waals surface area contributed by atoms with E-state index in [-0.39, 0.29) is 10.7 Å². The molecule has 0 radical (unpaired) electrons. The van der Waals surface area contributed by atoms with Gasteiger partial charge in [0.05, 0.1) is 4.92 Å². The topological polar surface area (TPSA) is 43.1 Å². The molecule has 12 heavy (non-hydrogen) atoms. The Hall–Kier alpha value is -0.800. The van der Waals surface area contributed by atoms with Gasteiger partial charge in [-0.05, 0) is 18.6 Å². The van der Waals surface area contributed by atoms with E-state index in [1.165, 1.54) is 6.07 Å². The highest BCUT2D eigenvalue weighted by Crippen LogP contribution is 2.30. The Morgan fingerprint density at radius 3 is 2.50 bits per heavy atom. The first kappa shape index (κ1) is 9.29. The van der Waals surface area contributed by atoms with Crippen LogP contribution in [-0.2, 0) is 0 Å². The minimum absolute atomic E-state index is 0.143. The summed E-state index contributed by atoms with van der Waals surface area (Å²) in [6, 6.07) is 2.81. The molecule has 0 saturated carbocycles. The van der Waals surface area contributed by atoms with E-state index in [1.54, 1.807) is 13.0 Å². The third-order valence-corrected chi connectivity index (χ3v) is 2.11. The second-order valence-corrected chi connectivity index (χ2v) is 3.13. The average Bonchev–Trinajstić information content (AvgIpc) is 1.96. The first-order chi connectivity index (χ1) is 5.52. The SMILES string of the molecule is Cc1cc(Cl)cc([N+](=O)[O-])c1Cl. The number of nitro benzene ring substituents is 1. The van der Waals surface area contributed by atoms with E-state index < -0.39 is 4.92 Å². The van der Waals surface area contributed by atoms with Crippen molar-refractivity contribution in [2.45, 2.75) is 6.92 Å². The molecule has 1 aromatic rings. The zero-order valence-electron chi connectivity index (χ0n) is 6.17. The van der Waals surface area contributed by atoms with Gasteiger partial charge in [-0.15, -0.1) is 0 Å². The number of hydrogen-bond acceptors (Lipinski definition) is 2. The van der Waals surface area contributed by atoms with E-state index >= 15 is 0 Å². The maximum Gasteiger partial charge on any atom is 0.289 e. The Kier molecular flexibility index (Phi) is 2.55. The van der Waals surface area contributed by atoms with Crippen LogP contribution in [0.2, 0.25) is 10.0 Å². The highest BCUT2D eigenvalue weighted by atomic mass is 35.5. The molecule has 0 amide bonds. The van der Waals surface area contributed by atoms with Crippen LogP contribution in [-0.4, -0.2) is 4.92 Å². The van der Waals surface area contributed by atoms with Crippen LogP contribution in [0.4, 0.5) is 5.69 Å². The summed E-state index contributed by atoms with van der Waals surface area (Å²) in [7, 11) is 0. The number of nitrogens with zero attached hydrogens (tertiary/aromatic N) is 1. The van der Waals surface area contributed by atoms with Crippen molar-refractivity contribution >= 4 is 28.9 Å². The second-order valence-electron chi connectivity index (χ2n) is 2.31. The molecular formula is C7H5Cl2NO2. The quantitative estimate of drug-likeness (QED) is 0.522. The van der Waals surface area contributed by atoms with Crippen LogP contribution >= 0.6 is 23.2 Å². The van der Waals surface area contributed by atoms with Gasteiger partial charge in [-0.3, -0.25) is 10.1 Å². The van der Waals surface area contributed by atoms with Crippen LogP contribution < -0.4 is 0 Å². The standard InChI is InChI=1S/C7H5Cl2NO2/c1-4-2-5(8)3-6(7(4)9)10(11)12/h2-3H,1H3.